The number of aliphatic hydroxyl groups is 1. The van der Waals surface area contributed by atoms with E-state index in [2.05, 4.69) is 61.6 Å². The third-order valence-corrected chi connectivity index (χ3v) is 3.62. The van der Waals surface area contributed by atoms with Crippen LogP contribution in [-0.2, 0) is 0 Å². The van der Waals surface area contributed by atoms with Crippen LogP contribution in [0.3, 0.4) is 0 Å². The molecule has 102 valence electrons. The molecule has 0 amide bonds. The lowest BCUT2D eigenvalue weighted by atomic mass is 9.99. The predicted molar refractivity (Wildman–Crippen MR) is 81.3 cm³/mol. The summed E-state index contributed by atoms with van der Waals surface area (Å²) in [4.78, 5) is 0. The van der Waals surface area contributed by atoms with E-state index >= 15 is 0 Å². The molecule has 0 spiro atoms. The summed E-state index contributed by atoms with van der Waals surface area (Å²) in [7, 11) is 0. The Labute approximate surface area is 115 Å². The number of rotatable bonds is 6. The molecular weight excluding hydrogens is 234 g/mol. The van der Waals surface area contributed by atoms with Crippen molar-refractivity contribution in [1.82, 2.24) is 5.32 Å². The molecule has 0 saturated heterocycles. The standard InChI is InChI=1S/C17H23NO/c1-13(7-6-12-19)18-14(2)16-11-5-9-15-8-3-4-10-17(15)16/h3-5,8-11,13-14,18-19H,6-7,12H2,1-2H3. The molecule has 0 bridgehead atoms. The molecular formula is C17H23NO. The minimum Gasteiger partial charge on any atom is -0.396 e. The zero-order valence-electron chi connectivity index (χ0n) is 11.8. The van der Waals surface area contributed by atoms with Crippen LogP contribution in [0.25, 0.3) is 10.8 Å². The Hall–Kier alpha value is -1.38. The van der Waals surface area contributed by atoms with Gasteiger partial charge in [0.15, 0.2) is 0 Å². The molecule has 0 aliphatic heterocycles. The SMILES string of the molecule is CC(CCCO)NC(C)c1cccc2ccccc12. The summed E-state index contributed by atoms with van der Waals surface area (Å²) in [6.45, 7) is 4.66. The summed E-state index contributed by atoms with van der Waals surface area (Å²) >= 11 is 0. The molecule has 0 fully saturated rings. The maximum Gasteiger partial charge on any atom is 0.0431 e. The largest absolute Gasteiger partial charge is 0.396 e. The fourth-order valence-corrected chi connectivity index (χ4v) is 2.63. The number of hydrogen-bond donors (Lipinski definition) is 2. The normalized spacial score (nSPS) is 14.5. The van der Waals surface area contributed by atoms with Crippen molar-refractivity contribution in [2.24, 2.45) is 0 Å². The van der Waals surface area contributed by atoms with E-state index in [1.807, 2.05) is 0 Å². The van der Waals surface area contributed by atoms with E-state index in [1.54, 1.807) is 0 Å². The van der Waals surface area contributed by atoms with E-state index < -0.39 is 0 Å². The van der Waals surface area contributed by atoms with Gasteiger partial charge in [-0.1, -0.05) is 42.5 Å². The first-order valence-corrected chi connectivity index (χ1v) is 7.07. The van der Waals surface area contributed by atoms with Crippen molar-refractivity contribution in [1.29, 1.82) is 0 Å². The smallest absolute Gasteiger partial charge is 0.0431 e. The van der Waals surface area contributed by atoms with Gasteiger partial charge in [0.2, 0.25) is 0 Å². The monoisotopic (exact) mass is 257 g/mol. The fraction of sp³-hybridized carbons (Fsp3) is 0.412. The number of hydrogen-bond acceptors (Lipinski definition) is 2. The first-order valence-electron chi connectivity index (χ1n) is 7.07. The Morgan fingerprint density at radius 2 is 1.79 bits per heavy atom. The van der Waals surface area contributed by atoms with Gasteiger partial charge in [-0.3, -0.25) is 0 Å². The molecule has 2 N–H and O–H groups in total. The predicted octanol–water partition coefficient (Wildman–Crippen LogP) is 3.65. The van der Waals surface area contributed by atoms with Crippen molar-refractivity contribution in [3.63, 3.8) is 0 Å². The van der Waals surface area contributed by atoms with Crippen LogP contribution >= 0.6 is 0 Å². The van der Waals surface area contributed by atoms with E-state index in [9.17, 15) is 0 Å². The lowest BCUT2D eigenvalue weighted by Crippen LogP contribution is -2.29. The number of benzene rings is 2. The molecule has 0 radical (unpaired) electrons. The van der Waals surface area contributed by atoms with Gasteiger partial charge in [0.1, 0.15) is 0 Å². The zero-order chi connectivity index (χ0) is 13.7. The highest BCUT2D eigenvalue weighted by Gasteiger charge is 2.11. The van der Waals surface area contributed by atoms with Crippen LogP contribution < -0.4 is 5.32 Å². The quantitative estimate of drug-likeness (QED) is 0.828. The Morgan fingerprint density at radius 1 is 1.05 bits per heavy atom. The number of aliphatic hydroxyl groups excluding tert-OH is 1. The molecule has 0 saturated carbocycles. The van der Waals surface area contributed by atoms with Gasteiger partial charge in [-0.25, -0.2) is 0 Å². The topological polar surface area (TPSA) is 32.3 Å². The lowest BCUT2D eigenvalue weighted by Gasteiger charge is -2.21. The zero-order valence-corrected chi connectivity index (χ0v) is 11.8. The van der Waals surface area contributed by atoms with Gasteiger partial charge in [-0.15, -0.1) is 0 Å². The first kappa shape index (κ1) is 14.0. The summed E-state index contributed by atoms with van der Waals surface area (Å²) in [6.07, 6.45) is 1.86. The third kappa shape index (κ3) is 3.55. The minimum atomic E-state index is 0.272. The van der Waals surface area contributed by atoms with Crippen LogP contribution in [0.2, 0.25) is 0 Å². The first-order chi connectivity index (χ1) is 9.22. The van der Waals surface area contributed by atoms with Crippen LogP contribution in [0.1, 0.15) is 38.3 Å². The van der Waals surface area contributed by atoms with Crippen molar-refractivity contribution < 1.29 is 5.11 Å². The van der Waals surface area contributed by atoms with Gasteiger partial charge < -0.3 is 10.4 Å². The highest BCUT2D eigenvalue weighted by atomic mass is 16.2. The van der Waals surface area contributed by atoms with Crippen LogP contribution in [0, 0.1) is 0 Å². The second-order valence-corrected chi connectivity index (χ2v) is 5.22. The van der Waals surface area contributed by atoms with Crippen LogP contribution in [0.15, 0.2) is 42.5 Å². The Kier molecular flexibility index (Phi) is 4.94. The van der Waals surface area contributed by atoms with E-state index in [1.165, 1.54) is 16.3 Å². The average Bonchev–Trinajstić information content (AvgIpc) is 2.44. The van der Waals surface area contributed by atoms with Crippen molar-refractivity contribution in [3.8, 4) is 0 Å². The molecule has 2 rings (SSSR count). The van der Waals surface area contributed by atoms with Gasteiger partial charge in [0.25, 0.3) is 0 Å². The summed E-state index contributed by atoms with van der Waals surface area (Å²) in [5, 5.41) is 15.1. The van der Waals surface area contributed by atoms with E-state index in [0.717, 1.165) is 12.8 Å². The van der Waals surface area contributed by atoms with Gasteiger partial charge in [0.05, 0.1) is 0 Å². The van der Waals surface area contributed by atoms with E-state index in [-0.39, 0.29) is 6.61 Å². The lowest BCUT2D eigenvalue weighted by molar-refractivity contribution is 0.274. The Morgan fingerprint density at radius 3 is 2.58 bits per heavy atom. The number of nitrogens with one attached hydrogen (secondary N) is 1. The molecule has 2 nitrogen and oxygen atoms in total. The molecule has 0 aliphatic rings. The molecule has 2 atom stereocenters. The molecule has 2 heteroatoms. The summed E-state index contributed by atoms with van der Waals surface area (Å²) in [5.41, 5.74) is 1.34. The van der Waals surface area contributed by atoms with Gasteiger partial charge in [-0.2, -0.15) is 0 Å². The van der Waals surface area contributed by atoms with Crippen LogP contribution in [0.4, 0.5) is 0 Å². The highest BCUT2D eigenvalue weighted by molar-refractivity contribution is 5.86. The summed E-state index contributed by atoms with van der Waals surface area (Å²) in [5.74, 6) is 0. The molecule has 0 aliphatic carbocycles. The Bertz CT molecular complexity index is 518. The van der Waals surface area contributed by atoms with Gasteiger partial charge in [-0.05, 0) is 43.0 Å². The van der Waals surface area contributed by atoms with Crippen LogP contribution in [-0.4, -0.2) is 17.8 Å². The average molecular weight is 257 g/mol. The molecule has 19 heavy (non-hydrogen) atoms. The fourth-order valence-electron chi connectivity index (χ4n) is 2.63. The summed E-state index contributed by atoms with van der Waals surface area (Å²) < 4.78 is 0. The van der Waals surface area contributed by atoms with Gasteiger partial charge >= 0.3 is 0 Å². The highest BCUT2D eigenvalue weighted by Crippen LogP contribution is 2.24. The van der Waals surface area contributed by atoms with Gasteiger partial charge in [0, 0.05) is 18.7 Å². The van der Waals surface area contributed by atoms with Crippen LogP contribution in [0.5, 0.6) is 0 Å². The maximum atomic E-state index is 8.88. The van der Waals surface area contributed by atoms with E-state index in [0.29, 0.717) is 12.1 Å². The minimum absolute atomic E-state index is 0.272. The number of fused-ring (bicyclic) bond motifs is 1. The molecule has 0 heterocycles. The van der Waals surface area contributed by atoms with Crippen molar-refractivity contribution in [3.05, 3.63) is 48.0 Å². The third-order valence-electron chi connectivity index (χ3n) is 3.62. The maximum absolute atomic E-state index is 8.88. The molecule has 2 aromatic carbocycles. The van der Waals surface area contributed by atoms with Crippen molar-refractivity contribution >= 4 is 10.8 Å². The van der Waals surface area contributed by atoms with E-state index in [4.69, 9.17) is 5.11 Å². The molecule has 2 aromatic rings. The second kappa shape index (κ2) is 6.69. The summed E-state index contributed by atoms with van der Waals surface area (Å²) in [6, 6.07) is 15.7. The van der Waals surface area contributed by atoms with Crippen molar-refractivity contribution in [2.75, 3.05) is 6.61 Å². The Balaban J connectivity index is 2.15. The second-order valence-electron chi connectivity index (χ2n) is 5.22. The molecule has 0 aromatic heterocycles. The van der Waals surface area contributed by atoms with Crippen molar-refractivity contribution in [2.45, 2.75) is 38.8 Å². The molecule has 2 unspecified atom stereocenters.